The molecule has 1 rings (SSSR count). The largest absolute Gasteiger partial charge is 0.231 e. The van der Waals surface area contributed by atoms with Crippen molar-refractivity contribution in [3.8, 4) is 0 Å². The smallest absolute Gasteiger partial charge is 0.145 e. The molecule has 0 amide bonds. The molecule has 1 fully saturated rings. The van der Waals surface area contributed by atoms with Gasteiger partial charge in [0.15, 0.2) is 0 Å². The molecule has 0 saturated heterocycles. The Kier molecular flexibility index (Phi) is 1.31. The fraction of sp³-hybridized carbons (Fsp3) is 1.00. The first-order valence-corrected chi connectivity index (χ1v) is 4.03. The summed E-state index contributed by atoms with van der Waals surface area (Å²) in [7, 11) is -2.13. The molecule has 0 unspecified atom stereocenters. The van der Waals surface area contributed by atoms with Crippen LogP contribution in [0.25, 0.3) is 0 Å². The summed E-state index contributed by atoms with van der Waals surface area (Å²) in [5.74, 6) is 0. The molecule has 2 nitrogen and oxygen atoms in total. The lowest BCUT2D eigenvalue weighted by Crippen LogP contribution is -2.07. The molecule has 0 bridgehead atoms. The van der Waals surface area contributed by atoms with Gasteiger partial charge in [-0.15, -0.1) is 0 Å². The van der Waals surface area contributed by atoms with Gasteiger partial charge < -0.3 is 0 Å². The summed E-state index contributed by atoms with van der Waals surface area (Å²) in [5.41, 5.74) is 0. The molecule has 0 atom stereocenters. The van der Waals surface area contributed by atoms with Gasteiger partial charge >= 0.3 is 0 Å². The Hall–Kier alpha value is -0.0500. The highest BCUT2D eigenvalue weighted by molar-refractivity contribution is 7.74. The van der Waals surface area contributed by atoms with Crippen LogP contribution in [0.2, 0.25) is 0 Å². The molecule has 0 N–H and O–H groups in total. The molecule has 0 aromatic heterocycles. The van der Waals surface area contributed by atoms with E-state index < -0.39 is 10.7 Å². The van der Waals surface area contributed by atoms with Gasteiger partial charge in [0.1, 0.15) is 10.7 Å². The van der Waals surface area contributed by atoms with E-state index in [2.05, 4.69) is 0 Å². The van der Waals surface area contributed by atoms with Crippen LogP contribution in [0, 0.1) is 0 Å². The Morgan fingerprint density at radius 1 is 1.50 bits per heavy atom. The standard InChI is InChI=1S/C5H10O2S/c1-2-5(3-4-5)8(6)7/h8H,2-4H2,1H3. The average molecular weight is 134 g/mol. The van der Waals surface area contributed by atoms with Crippen molar-refractivity contribution < 1.29 is 8.42 Å². The van der Waals surface area contributed by atoms with Gasteiger partial charge in [-0.25, -0.2) is 8.42 Å². The van der Waals surface area contributed by atoms with Crippen LogP contribution in [0.3, 0.4) is 0 Å². The van der Waals surface area contributed by atoms with Gasteiger partial charge in [0.25, 0.3) is 0 Å². The lowest BCUT2D eigenvalue weighted by atomic mass is 10.3. The van der Waals surface area contributed by atoms with Crippen LogP contribution in [0.5, 0.6) is 0 Å². The zero-order valence-corrected chi connectivity index (χ0v) is 5.78. The number of rotatable bonds is 2. The van der Waals surface area contributed by atoms with Crippen LogP contribution in [-0.2, 0) is 10.7 Å². The van der Waals surface area contributed by atoms with Crippen molar-refractivity contribution in [3.05, 3.63) is 0 Å². The van der Waals surface area contributed by atoms with Crippen LogP contribution in [-0.4, -0.2) is 13.2 Å². The summed E-state index contributed by atoms with van der Waals surface area (Å²) in [4.78, 5) is 0. The molecule has 8 heavy (non-hydrogen) atoms. The predicted octanol–water partition coefficient (Wildman–Crippen LogP) is 0.540. The molecule has 0 aromatic carbocycles. The van der Waals surface area contributed by atoms with Gasteiger partial charge in [-0.2, -0.15) is 0 Å². The minimum Gasteiger partial charge on any atom is -0.231 e. The summed E-state index contributed by atoms with van der Waals surface area (Å²) in [6.45, 7) is 1.93. The Morgan fingerprint density at radius 3 is 2.00 bits per heavy atom. The zero-order valence-electron chi connectivity index (χ0n) is 4.89. The maximum Gasteiger partial charge on any atom is 0.145 e. The van der Waals surface area contributed by atoms with Crippen molar-refractivity contribution in [1.82, 2.24) is 0 Å². The van der Waals surface area contributed by atoms with Gasteiger partial charge in [0.2, 0.25) is 0 Å². The van der Waals surface area contributed by atoms with Crippen LogP contribution < -0.4 is 0 Å². The highest BCUT2D eigenvalue weighted by Crippen LogP contribution is 2.41. The Bertz CT molecular complexity index is 148. The van der Waals surface area contributed by atoms with E-state index in [9.17, 15) is 8.42 Å². The second kappa shape index (κ2) is 1.72. The maximum atomic E-state index is 10.4. The van der Waals surface area contributed by atoms with Crippen molar-refractivity contribution in [2.24, 2.45) is 0 Å². The normalized spacial score (nSPS) is 23.8. The van der Waals surface area contributed by atoms with Gasteiger partial charge in [-0.1, -0.05) is 6.92 Å². The van der Waals surface area contributed by atoms with Crippen molar-refractivity contribution in [2.75, 3.05) is 0 Å². The molecule has 0 heterocycles. The van der Waals surface area contributed by atoms with Crippen LogP contribution in [0.15, 0.2) is 0 Å². The second-order valence-corrected chi connectivity index (χ2v) is 3.80. The molecule has 0 radical (unpaired) electrons. The maximum absolute atomic E-state index is 10.4. The fourth-order valence-electron chi connectivity index (χ4n) is 0.810. The van der Waals surface area contributed by atoms with Crippen molar-refractivity contribution in [2.45, 2.75) is 30.9 Å². The molecule has 48 valence electrons. The summed E-state index contributed by atoms with van der Waals surface area (Å²) < 4.78 is 20.4. The molecule has 0 spiro atoms. The van der Waals surface area contributed by atoms with E-state index in [1.54, 1.807) is 0 Å². The Morgan fingerprint density at radius 2 is 2.00 bits per heavy atom. The molecular weight excluding hydrogens is 124 g/mol. The lowest BCUT2D eigenvalue weighted by Gasteiger charge is -1.97. The first-order chi connectivity index (χ1) is 3.71. The summed E-state index contributed by atoms with van der Waals surface area (Å²) in [5, 5.41) is 0. The highest BCUT2D eigenvalue weighted by Gasteiger charge is 2.44. The molecule has 1 saturated carbocycles. The summed E-state index contributed by atoms with van der Waals surface area (Å²) in [6, 6.07) is 0. The predicted molar refractivity (Wildman–Crippen MR) is 32.6 cm³/mol. The van der Waals surface area contributed by atoms with Gasteiger partial charge in [0, 0.05) is 0 Å². The quantitative estimate of drug-likeness (QED) is 0.559. The SMILES string of the molecule is CCC1([SH](=O)=O)CC1. The van der Waals surface area contributed by atoms with Crippen LogP contribution in [0.4, 0.5) is 0 Å². The fourth-order valence-corrected chi connectivity index (χ4v) is 1.54. The van der Waals surface area contributed by atoms with E-state index in [0.717, 1.165) is 19.3 Å². The molecule has 3 heteroatoms. The van der Waals surface area contributed by atoms with Crippen molar-refractivity contribution in [3.63, 3.8) is 0 Å². The van der Waals surface area contributed by atoms with E-state index in [1.165, 1.54) is 0 Å². The highest BCUT2D eigenvalue weighted by atomic mass is 32.2. The van der Waals surface area contributed by atoms with Crippen LogP contribution >= 0.6 is 0 Å². The first-order valence-electron chi connectivity index (χ1n) is 2.86. The topological polar surface area (TPSA) is 34.1 Å². The molecular formula is C5H10O2S. The molecule has 0 aliphatic heterocycles. The van der Waals surface area contributed by atoms with E-state index in [0.29, 0.717) is 0 Å². The number of hydrogen-bond donors (Lipinski definition) is 1. The van der Waals surface area contributed by atoms with E-state index in [4.69, 9.17) is 0 Å². The van der Waals surface area contributed by atoms with Crippen molar-refractivity contribution in [1.29, 1.82) is 0 Å². The van der Waals surface area contributed by atoms with E-state index in [-0.39, 0.29) is 4.75 Å². The van der Waals surface area contributed by atoms with E-state index in [1.807, 2.05) is 6.92 Å². The third-order valence-corrected chi connectivity index (χ3v) is 3.41. The minimum absolute atomic E-state index is 0.255. The monoisotopic (exact) mass is 134 g/mol. The molecule has 1 aliphatic rings. The van der Waals surface area contributed by atoms with Crippen LogP contribution in [0.1, 0.15) is 26.2 Å². The average Bonchev–Trinajstić information content (AvgIpc) is 2.44. The number of hydrogen-bond acceptors (Lipinski definition) is 2. The number of thiol groups is 1. The third-order valence-electron chi connectivity index (χ3n) is 1.87. The van der Waals surface area contributed by atoms with Gasteiger partial charge in [0.05, 0.1) is 4.75 Å². The Balaban J connectivity index is 2.67. The zero-order chi connectivity index (χ0) is 6.20. The minimum atomic E-state index is -2.13. The third kappa shape index (κ3) is 0.749. The lowest BCUT2D eigenvalue weighted by molar-refractivity contribution is 0.593. The Labute approximate surface area is 50.9 Å². The second-order valence-electron chi connectivity index (χ2n) is 2.34. The van der Waals surface area contributed by atoms with Crippen molar-refractivity contribution >= 4 is 10.7 Å². The van der Waals surface area contributed by atoms with E-state index >= 15 is 0 Å². The summed E-state index contributed by atoms with van der Waals surface area (Å²) in [6.07, 6.45) is 2.58. The van der Waals surface area contributed by atoms with Gasteiger partial charge in [-0.3, -0.25) is 0 Å². The first kappa shape index (κ1) is 6.08. The molecule has 0 aromatic rings. The summed E-state index contributed by atoms with van der Waals surface area (Å²) >= 11 is 0. The molecule has 1 aliphatic carbocycles. The van der Waals surface area contributed by atoms with Gasteiger partial charge in [-0.05, 0) is 19.3 Å².